The first kappa shape index (κ1) is 29.2. The van der Waals surface area contributed by atoms with Crippen LogP contribution in [0.1, 0.15) is 90.3 Å². The SMILES string of the molecule is CCOC(=O)C(C)(C)CC(C)(/C=C/c1ccc(OC)cc1)C(=O)Oc1c(C(C)C)cccc1C(C)C. The first-order valence-corrected chi connectivity index (χ1v) is 12.7. The van der Waals surface area contributed by atoms with Gasteiger partial charge in [-0.1, -0.05) is 70.2 Å². The van der Waals surface area contributed by atoms with E-state index in [9.17, 15) is 9.59 Å². The molecule has 0 fully saturated rings. The topological polar surface area (TPSA) is 61.8 Å². The highest BCUT2D eigenvalue weighted by atomic mass is 16.5. The number of rotatable bonds is 11. The summed E-state index contributed by atoms with van der Waals surface area (Å²) in [7, 11) is 1.62. The van der Waals surface area contributed by atoms with Crippen molar-refractivity contribution in [1.29, 1.82) is 0 Å². The molecule has 0 radical (unpaired) electrons. The molecule has 0 heterocycles. The fraction of sp³-hybridized carbons (Fsp3) is 0.484. The zero-order valence-corrected chi connectivity index (χ0v) is 23.3. The van der Waals surface area contributed by atoms with E-state index in [1.807, 2.05) is 61.5 Å². The molecule has 2 aromatic carbocycles. The molecule has 0 aromatic heterocycles. The molecule has 1 atom stereocenters. The van der Waals surface area contributed by atoms with Crippen molar-refractivity contribution < 1.29 is 23.8 Å². The van der Waals surface area contributed by atoms with Gasteiger partial charge in [0.1, 0.15) is 11.5 Å². The first-order chi connectivity index (χ1) is 16.8. The van der Waals surface area contributed by atoms with Crippen LogP contribution in [-0.2, 0) is 14.3 Å². The second-order valence-corrected chi connectivity index (χ2v) is 10.8. The Morgan fingerprint density at radius 3 is 1.92 bits per heavy atom. The van der Waals surface area contributed by atoms with Crippen LogP contribution >= 0.6 is 0 Å². The zero-order chi connectivity index (χ0) is 27.1. The van der Waals surface area contributed by atoms with E-state index in [0.29, 0.717) is 5.75 Å². The Morgan fingerprint density at radius 1 is 0.889 bits per heavy atom. The molecule has 0 aliphatic rings. The lowest BCUT2D eigenvalue weighted by molar-refractivity contribution is -0.157. The van der Waals surface area contributed by atoms with Gasteiger partial charge in [0.05, 0.1) is 24.5 Å². The third-order valence-corrected chi connectivity index (χ3v) is 6.38. The normalized spacial score (nSPS) is 13.6. The highest BCUT2D eigenvalue weighted by Crippen LogP contribution is 2.41. The van der Waals surface area contributed by atoms with Gasteiger partial charge in [0.2, 0.25) is 0 Å². The van der Waals surface area contributed by atoms with Crippen LogP contribution in [0, 0.1) is 10.8 Å². The van der Waals surface area contributed by atoms with Crippen molar-refractivity contribution in [1.82, 2.24) is 0 Å². The van der Waals surface area contributed by atoms with Gasteiger partial charge < -0.3 is 14.2 Å². The van der Waals surface area contributed by atoms with E-state index in [0.717, 1.165) is 22.4 Å². The number of ether oxygens (including phenoxy) is 3. The number of carbonyl (C=O) groups is 2. The molecule has 36 heavy (non-hydrogen) atoms. The largest absolute Gasteiger partial charge is 0.497 e. The van der Waals surface area contributed by atoms with E-state index in [1.54, 1.807) is 27.9 Å². The van der Waals surface area contributed by atoms with E-state index in [1.165, 1.54) is 0 Å². The third-order valence-electron chi connectivity index (χ3n) is 6.38. The van der Waals surface area contributed by atoms with Crippen LogP contribution < -0.4 is 9.47 Å². The second-order valence-electron chi connectivity index (χ2n) is 10.8. The summed E-state index contributed by atoms with van der Waals surface area (Å²) in [5.74, 6) is 0.994. The molecule has 0 aliphatic carbocycles. The Balaban J connectivity index is 2.53. The average Bonchev–Trinajstić information content (AvgIpc) is 2.82. The summed E-state index contributed by atoms with van der Waals surface area (Å²) in [6.07, 6.45) is 3.95. The predicted octanol–water partition coefficient (Wildman–Crippen LogP) is 7.55. The van der Waals surface area contributed by atoms with Gasteiger partial charge in [-0.2, -0.15) is 0 Å². The summed E-state index contributed by atoms with van der Waals surface area (Å²) in [6, 6.07) is 13.6. The van der Waals surface area contributed by atoms with Crippen molar-refractivity contribution in [3.63, 3.8) is 0 Å². The highest BCUT2D eigenvalue weighted by Gasteiger charge is 2.43. The first-order valence-electron chi connectivity index (χ1n) is 12.7. The second kappa shape index (κ2) is 12.2. The summed E-state index contributed by atoms with van der Waals surface area (Å²) < 4.78 is 16.8. The van der Waals surface area contributed by atoms with Crippen molar-refractivity contribution in [2.75, 3.05) is 13.7 Å². The molecule has 0 spiro atoms. The molecule has 2 aromatic rings. The molecule has 0 N–H and O–H groups in total. The maximum absolute atomic E-state index is 13.9. The fourth-order valence-corrected chi connectivity index (χ4v) is 4.32. The minimum Gasteiger partial charge on any atom is -0.497 e. The van der Waals surface area contributed by atoms with Crippen LogP contribution in [0.15, 0.2) is 48.5 Å². The van der Waals surface area contributed by atoms with Crippen LogP contribution in [0.2, 0.25) is 0 Å². The molecule has 1 unspecified atom stereocenters. The van der Waals surface area contributed by atoms with Crippen LogP contribution in [0.3, 0.4) is 0 Å². The van der Waals surface area contributed by atoms with Gasteiger partial charge in [0.15, 0.2) is 0 Å². The molecule has 0 aliphatic heterocycles. The standard InChI is InChI=1S/C31H42O5/c1-10-35-28(32)30(6,7)20-31(8,19-18-23-14-16-24(34-9)17-15-23)29(33)36-27-25(21(2)3)12-11-13-26(27)22(4)5/h11-19,21-22H,10,20H2,1-9H3/b19-18+. The van der Waals surface area contributed by atoms with Gasteiger partial charge in [-0.15, -0.1) is 0 Å². The average molecular weight is 495 g/mol. The van der Waals surface area contributed by atoms with Crippen molar-refractivity contribution in [2.45, 2.75) is 73.6 Å². The van der Waals surface area contributed by atoms with Crippen LogP contribution in [0.5, 0.6) is 11.5 Å². The molecular weight excluding hydrogens is 452 g/mol. The quantitative estimate of drug-likeness (QED) is 0.238. The van der Waals surface area contributed by atoms with E-state index < -0.39 is 16.8 Å². The maximum atomic E-state index is 13.9. The number of benzene rings is 2. The Hall–Kier alpha value is -3.08. The zero-order valence-electron chi connectivity index (χ0n) is 23.3. The third kappa shape index (κ3) is 7.22. The van der Waals surface area contributed by atoms with Gasteiger partial charge in [-0.25, -0.2) is 0 Å². The van der Waals surface area contributed by atoms with Gasteiger partial charge in [0.25, 0.3) is 0 Å². The Labute approximate surface area is 216 Å². The molecule has 196 valence electrons. The molecule has 0 bridgehead atoms. The molecule has 2 rings (SSSR count). The number of para-hydroxylation sites is 1. The Kier molecular flexibility index (Phi) is 9.92. The molecule has 0 saturated heterocycles. The smallest absolute Gasteiger partial charge is 0.321 e. The number of esters is 2. The Bertz CT molecular complexity index is 1040. The van der Waals surface area contributed by atoms with E-state index >= 15 is 0 Å². The number of hydrogen-bond acceptors (Lipinski definition) is 5. The minimum atomic E-state index is -1.09. The molecule has 0 saturated carbocycles. The summed E-state index contributed by atoms with van der Waals surface area (Å²) in [6.45, 7) is 15.8. The number of methoxy groups -OCH3 is 1. The molecular formula is C31H42O5. The van der Waals surface area contributed by atoms with E-state index in [2.05, 4.69) is 27.7 Å². The number of carbonyl (C=O) groups excluding carboxylic acids is 2. The summed E-state index contributed by atoms with van der Waals surface area (Å²) in [5.41, 5.74) is 0.900. The minimum absolute atomic E-state index is 0.184. The predicted molar refractivity (Wildman–Crippen MR) is 145 cm³/mol. The lowest BCUT2D eigenvalue weighted by Crippen LogP contribution is -2.39. The molecule has 5 heteroatoms. The van der Waals surface area contributed by atoms with Gasteiger partial charge >= 0.3 is 11.9 Å². The summed E-state index contributed by atoms with van der Waals surface area (Å²) in [4.78, 5) is 26.7. The van der Waals surface area contributed by atoms with E-state index in [4.69, 9.17) is 14.2 Å². The fourth-order valence-electron chi connectivity index (χ4n) is 4.32. The number of hydrogen-bond donors (Lipinski definition) is 0. The van der Waals surface area contributed by atoms with Crippen molar-refractivity contribution in [2.24, 2.45) is 10.8 Å². The summed E-state index contributed by atoms with van der Waals surface area (Å²) in [5, 5.41) is 0. The highest BCUT2D eigenvalue weighted by molar-refractivity contribution is 5.85. The van der Waals surface area contributed by atoms with Gasteiger partial charge in [0, 0.05) is 0 Å². The maximum Gasteiger partial charge on any atom is 0.321 e. The molecule has 5 nitrogen and oxygen atoms in total. The Morgan fingerprint density at radius 2 is 1.44 bits per heavy atom. The lowest BCUT2D eigenvalue weighted by atomic mass is 9.73. The van der Waals surface area contributed by atoms with Crippen molar-refractivity contribution in [3.05, 3.63) is 65.2 Å². The van der Waals surface area contributed by atoms with E-state index in [-0.39, 0.29) is 30.8 Å². The lowest BCUT2D eigenvalue weighted by Gasteiger charge is -2.33. The summed E-state index contributed by atoms with van der Waals surface area (Å²) >= 11 is 0. The van der Waals surface area contributed by atoms with Crippen LogP contribution in [0.25, 0.3) is 6.08 Å². The van der Waals surface area contributed by atoms with Crippen LogP contribution in [0.4, 0.5) is 0 Å². The molecule has 0 amide bonds. The monoisotopic (exact) mass is 494 g/mol. The van der Waals surface area contributed by atoms with Gasteiger partial charge in [-0.3, -0.25) is 9.59 Å². The van der Waals surface area contributed by atoms with Gasteiger partial charge in [-0.05, 0) is 74.8 Å². The van der Waals surface area contributed by atoms with Crippen molar-refractivity contribution >= 4 is 18.0 Å². The van der Waals surface area contributed by atoms with Crippen LogP contribution in [-0.4, -0.2) is 25.7 Å². The van der Waals surface area contributed by atoms with Crippen molar-refractivity contribution in [3.8, 4) is 11.5 Å².